The molecular weight excluding hydrogens is 332 g/mol. The maximum atomic E-state index is 13.0. The lowest BCUT2D eigenvalue weighted by Crippen LogP contribution is -2.41. The Labute approximate surface area is 149 Å². The fourth-order valence-corrected chi connectivity index (χ4v) is 3.12. The molecule has 1 atom stereocenters. The molecule has 2 aromatic heterocycles. The van der Waals surface area contributed by atoms with Crippen LogP contribution in [-0.4, -0.2) is 50.3 Å². The largest absolute Gasteiger partial charge is 0.341 e. The fourth-order valence-electron chi connectivity index (χ4n) is 3.12. The van der Waals surface area contributed by atoms with Gasteiger partial charge in [-0.3, -0.25) is 14.6 Å². The molecule has 0 saturated heterocycles. The Balaban J connectivity index is 1.66. The van der Waals surface area contributed by atoms with Gasteiger partial charge >= 0.3 is 0 Å². The van der Waals surface area contributed by atoms with Crippen LogP contribution in [0.5, 0.6) is 0 Å². The van der Waals surface area contributed by atoms with Gasteiger partial charge in [0.05, 0.1) is 35.9 Å². The van der Waals surface area contributed by atoms with E-state index in [0.717, 1.165) is 5.56 Å². The van der Waals surface area contributed by atoms with Crippen LogP contribution in [-0.2, 0) is 4.79 Å². The molecule has 26 heavy (non-hydrogen) atoms. The standard InChI is InChI=1S/C18H16N6O2/c1-23-11-14(12-4-2-3-5-13(12)18(23)26)17(25)21-15-10-19-7-6-16(15)24-9-8-20-22-24/h2-10,14H,11H2,1H3,(H,21,25). The average Bonchev–Trinajstić information content (AvgIpc) is 3.19. The summed E-state index contributed by atoms with van der Waals surface area (Å²) in [4.78, 5) is 30.9. The molecule has 1 aliphatic heterocycles. The highest BCUT2D eigenvalue weighted by atomic mass is 16.2. The second kappa shape index (κ2) is 6.40. The number of carbonyl (C=O) groups is 2. The summed E-state index contributed by atoms with van der Waals surface area (Å²) in [6.45, 7) is 0.320. The number of pyridine rings is 1. The molecule has 4 rings (SSSR count). The summed E-state index contributed by atoms with van der Waals surface area (Å²) >= 11 is 0. The highest BCUT2D eigenvalue weighted by Gasteiger charge is 2.33. The number of amides is 2. The third-order valence-electron chi connectivity index (χ3n) is 4.41. The van der Waals surface area contributed by atoms with E-state index in [1.807, 2.05) is 12.1 Å². The first-order valence-corrected chi connectivity index (χ1v) is 8.11. The molecule has 3 aromatic rings. The molecule has 0 saturated carbocycles. The van der Waals surface area contributed by atoms with Gasteiger partial charge in [0.15, 0.2) is 0 Å². The van der Waals surface area contributed by atoms with Crippen LogP contribution in [0.25, 0.3) is 5.69 Å². The number of benzene rings is 1. The number of carbonyl (C=O) groups excluding carboxylic acids is 2. The molecule has 1 aromatic carbocycles. The first-order valence-electron chi connectivity index (χ1n) is 8.11. The van der Waals surface area contributed by atoms with Crippen molar-refractivity contribution in [2.75, 3.05) is 18.9 Å². The molecule has 8 nitrogen and oxygen atoms in total. The average molecular weight is 348 g/mol. The van der Waals surface area contributed by atoms with Crippen LogP contribution in [0, 0.1) is 0 Å². The molecule has 1 N–H and O–H groups in total. The molecule has 0 bridgehead atoms. The van der Waals surface area contributed by atoms with Gasteiger partial charge in [-0.1, -0.05) is 23.4 Å². The Bertz CT molecular complexity index is 969. The van der Waals surface area contributed by atoms with E-state index in [-0.39, 0.29) is 11.8 Å². The molecule has 0 fully saturated rings. The monoisotopic (exact) mass is 348 g/mol. The first-order chi connectivity index (χ1) is 12.6. The highest BCUT2D eigenvalue weighted by molar-refractivity contribution is 6.04. The minimum absolute atomic E-state index is 0.0747. The fraction of sp³-hybridized carbons (Fsp3) is 0.167. The maximum Gasteiger partial charge on any atom is 0.253 e. The minimum Gasteiger partial charge on any atom is -0.341 e. The number of aromatic nitrogens is 4. The van der Waals surface area contributed by atoms with Crippen molar-refractivity contribution in [2.45, 2.75) is 5.92 Å². The Morgan fingerprint density at radius 3 is 2.88 bits per heavy atom. The molecule has 130 valence electrons. The molecule has 0 radical (unpaired) electrons. The van der Waals surface area contributed by atoms with E-state index in [1.165, 1.54) is 0 Å². The predicted octanol–water partition coefficient (Wildman–Crippen LogP) is 1.47. The van der Waals surface area contributed by atoms with Crippen LogP contribution in [0.15, 0.2) is 55.1 Å². The van der Waals surface area contributed by atoms with Crippen molar-refractivity contribution in [3.8, 4) is 5.69 Å². The number of anilines is 1. The normalized spacial score (nSPS) is 16.3. The Kier molecular flexibility index (Phi) is 3.92. The van der Waals surface area contributed by atoms with Gasteiger partial charge in [-0.2, -0.15) is 0 Å². The summed E-state index contributed by atoms with van der Waals surface area (Å²) < 4.78 is 1.56. The molecule has 2 amide bonds. The van der Waals surface area contributed by atoms with Crippen LogP contribution in [0.4, 0.5) is 5.69 Å². The van der Waals surface area contributed by atoms with E-state index >= 15 is 0 Å². The van der Waals surface area contributed by atoms with Crippen LogP contribution in [0.1, 0.15) is 21.8 Å². The van der Waals surface area contributed by atoms with Crippen molar-refractivity contribution in [2.24, 2.45) is 0 Å². The quantitative estimate of drug-likeness (QED) is 0.774. The van der Waals surface area contributed by atoms with E-state index in [0.29, 0.717) is 23.5 Å². The zero-order chi connectivity index (χ0) is 18.1. The molecule has 1 aliphatic rings. The van der Waals surface area contributed by atoms with Gasteiger partial charge in [-0.25, -0.2) is 4.68 Å². The lowest BCUT2D eigenvalue weighted by molar-refractivity contribution is -0.117. The number of nitrogens with zero attached hydrogens (tertiary/aromatic N) is 5. The Hall–Kier alpha value is -3.55. The van der Waals surface area contributed by atoms with Crippen molar-refractivity contribution in [3.05, 3.63) is 66.2 Å². The lowest BCUT2D eigenvalue weighted by atomic mass is 9.89. The van der Waals surface area contributed by atoms with Gasteiger partial charge in [0.2, 0.25) is 5.91 Å². The van der Waals surface area contributed by atoms with Crippen LogP contribution < -0.4 is 5.32 Å². The van der Waals surface area contributed by atoms with Crippen molar-refractivity contribution in [3.63, 3.8) is 0 Å². The van der Waals surface area contributed by atoms with E-state index in [1.54, 1.807) is 59.6 Å². The topological polar surface area (TPSA) is 93.0 Å². The minimum atomic E-state index is -0.460. The van der Waals surface area contributed by atoms with Crippen LogP contribution in [0.2, 0.25) is 0 Å². The van der Waals surface area contributed by atoms with Gasteiger partial charge in [0.25, 0.3) is 5.91 Å². The second-order valence-electron chi connectivity index (χ2n) is 6.06. The molecule has 0 spiro atoms. The smallest absolute Gasteiger partial charge is 0.253 e. The molecule has 3 heterocycles. The number of hydrogen-bond acceptors (Lipinski definition) is 5. The number of rotatable bonds is 3. The number of likely N-dealkylation sites (N-methyl/N-ethyl adjacent to an activating group) is 1. The van der Waals surface area contributed by atoms with Crippen molar-refractivity contribution < 1.29 is 9.59 Å². The zero-order valence-corrected chi connectivity index (χ0v) is 14.0. The second-order valence-corrected chi connectivity index (χ2v) is 6.06. The predicted molar refractivity (Wildman–Crippen MR) is 93.9 cm³/mol. The third-order valence-corrected chi connectivity index (χ3v) is 4.41. The van der Waals surface area contributed by atoms with E-state index < -0.39 is 5.92 Å². The molecule has 8 heteroatoms. The lowest BCUT2D eigenvalue weighted by Gasteiger charge is -2.31. The first kappa shape index (κ1) is 15.9. The van der Waals surface area contributed by atoms with E-state index in [9.17, 15) is 9.59 Å². The Morgan fingerprint density at radius 2 is 2.08 bits per heavy atom. The summed E-state index contributed by atoms with van der Waals surface area (Å²) in [6, 6.07) is 8.96. The maximum absolute atomic E-state index is 13.0. The summed E-state index contributed by atoms with van der Waals surface area (Å²) in [5, 5.41) is 10.7. The summed E-state index contributed by atoms with van der Waals surface area (Å²) in [5.74, 6) is -0.738. The number of nitrogens with one attached hydrogen (secondary N) is 1. The molecule has 1 unspecified atom stereocenters. The van der Waals surface area contributed by atoms with Crippen molar-refractivity contribution in [1.82, 2.24) is 24.9 Å². The van der Waals surface area contributed by atoms with Gasteiger partial charge < -0.3 is 10.2 Å². The van der Waals surface area contributed by atoms with E-state index in [2.05, 4.69) is 20.6 Å². The zero-order valence-electron chi connectivity index (χ0n) is 14.0. The SMILES string of the molecule is CN1CC(C(=O)Nc2cnccc2-n2ccnn2)c2ccccc2C1=O. The number of hydrogen-bond donors (Lipinski definition) is 1. The van der Waals surface area contributed by atoms with Crippen LogP contribution in [0.3, 0.4) is 0 Å². The Morgan fingerprint density at radius 1 is 1.23 bits per heavy atom. The van der Waals surface area contributed by atoms with E-state index in [4.69, 9.17) is 0 Å². The summed E-state index contributed by atoms with van der Waals surface area (Å²) in [6.07, 6.45) is 6.44. The summed E-state index contributed by atoms with van der Waals surface area (Å²) in [7, 11) is 1.70. The van der Waals surface area contributed by atoms with Crippen molar-refractivity contribution in [1.29, 1.82) is 0 Å². The van der Waals surface area contributed by atoms with Crippen LogP contribution >= 0.6 is 0 Å². The van der Waals surface area contributed by atoms with Gasteiger partial charge in [0, 0.05) is 25.4 Å². The van der Waals surface area contributed by atoms with Gasteiger partial charge in [-0.15, -0.1) is 5.10 Å². The van der Waals surface area contributed by atoms with Gasteiger partial charge in [0.1, 0.15) is 0 Å². The number of fused-ring (bicyclic) bond motifs is 1. The highest BCUT2D eigenvalue weighted by Crippen LogP contribution is 2.29. The molecule has 0 aliphatic carbocycles. The van der Waals surface area contributed by atoms with Gasteiger partial charge in [-0.05, 0) is 17.7 Å². The third kappa shape index (κ3) is 2.71. The molecular formula is C18H16N6O2. The summed E-state index contributed by atoms with van der Waals surface area (Å²) in [5.41, 5.74) is 2.49. The van der Waals surface area contributed by atoms with Crippen molar-refractivity contribution >= 4 is 17.5 Å².